The fourth-order valence-electron chi connectivity index (χ4n) is 2.90. The average Bonchev–Trinajstić information content (AvgIpc) is 3.11. The molecule has 0 saturated heterocycles. The second-order valence-electron chi connectivity index (χ2n) is 6.01. The minimum Gasteiger partial charge on any atom is -0.344 e. The Labute approximate surface area is 132 Å². The van der Waals surface area contributed by atoms with Gasteiger partial charge in [0, 0.05) is 18.4 Å². The van der Waals surface area contributed by atoms with E-state index in [1.165, 1.54) is 24.2 Å². The van der Waals surface area contributed by atoms with Crippen LogP contribution in [-0.2, 0) is 6.42 Å². The lowest BCUT2D eigenvalue weighted by atomic mass is 10.1. The van der Waals surface area contributed by atoms with Crippen molar-refractivity contribution in [3.8, 4) is 0 Å². The van der Waals surface area contributed by atoms with Gasteiger partial charge in [0.1, 0.15) is 4.88 Å². The smallest absolute Gasteiger partial charge is 0.263 e. The summed E-state index contributed by atoms with van der Waals surface area (Å²) in [6.45, 7) is 0. The van der Waals surface area contributed by atoms with E-state index in [1.807, 2.05) is 24.3 Å². The zero-order valence-corrected chi connectivity index (χ0v) is 12.9. The first-order chi connectivity index (χ1) is 10.7. The number of amides is 1. The van der Waals surface area contributed by atoms with Gasteiger partial charge in [-0.25, -0.2) is 4.98 Å². The van der Waals surface area contributed by atoms with Crippen molar-refractivity contribution in [2.75, 3.05) is 0 Å². The summed E-state index contributed by atoms with van der Waals surface area (Å²) < 4.78 is 0. The van der Waals surface area contributed by atoms with Crippen molar-refractivity contribution in [2.45, 2.75) is 31.7 Å². The molecule has 4 rings (SSSR count). The molecule has 0 radical (unpaired) electrons. The van der Waals surface area contributed by atoms with Gasteiger partial charge < -0.3 is 5.32 Å². The first-order valence-electron chi connectivity index (χ1n) is 7.58. The number of hydrogen-bond acceptors (Lipinski definition) is 4. The van der Waals surface area contributed by atoms with Crippen LogP contribution >= 0.6 is 11.3 Å². The maximum atomic E-state index is 12.4. The molecule has 1 fully saturated rings. The number of nitrogens with zero attached hydrogens (tertiary/aromatic N) is 1. The van der Waals surface area contributed by atoms with Crippen molar-refractivity contribution in [3.63, 3.8) is 0 Å². The SMILES string of the molecule is O=C(NC1CC(=O)c2ccccc21)c1cnc(CC2CC2)s1. The van der Waals surface area contributed by atoms with Gasteiger partial charge in [-0.3, -0.25) is 9.59 Å². The average molecular weight is 312 g/mol. The van der Waals surface area contributed by atoms with E-state index in [1.54, 1.807) is 6.20 Å². The molecule has 1 saturated carbocycles. The molecule has 2 aliphatic carbocycles. The van der Waals surface area contributed by atoms with E-state index in [0.717, 1.165) is 28.5 Å². The van der Waals surface area contributed by atoms with Crippen LogP contribution in [-0.4, -0.2) is 16.7 Å². The standard InChI is InChI=1S/C17H16N2O2S/c20-14-8-13(11-3-1-2-4-12(11)14)19-17(21)15-9-18-16(22-15)7-10-5-6-10/h1-4,9-10,13H,5-8H2,(H,19,21). The minimum atomic E-state index is -0.217. The molecule has 1 aromatic carbocycles. The van der Waals surface area contributed by atoms with Gasteiger partial charge in [0.2, 0.25) is 0 Å². The number of Topliss-reactive ketones (excluding diaryl/α,β-unsaturated/α-hetero) is 1. The van der Waals surface area contributed by atoms with Crippen molar-refractivity contribution in [1.29, 1.82) is 0 Å². The Morgan fingerprint density at radius 3 is 2.95 bits per heavy atom. The number of benzene rings is 1. The van der Waals surface area contributed by atoms with E-state index >= 15 is 0 Å². The van der Waals surface area contributed by atoms with Crippen LogP contribution in [0, 0.1) is 5.92 Å². The largest absolute Gasteiger partial charge is 0.344 e. The third-order valence-corrected chi connectivity index (χ3v) is 5.29. The zero-order valence-electron chi connectivity index (χ0n) is 12.0. The molecular weight excluding hydrogens is 296 g/mol. The number of hydrogen-bond donors (Lipinski definition) is 1. The summed E-state index contributed by atoms with van der Waals surface area (Å²) in [6.07, 6.45) is 5.55. The topological polar surface area (TPSA) is 59.1 Å². The van der Waals surface area contributed by atoms with Gasteiger partial charge in [-0.1, -0.05) is 24.3 Å². The molecule has 4 nitrogen and oxygen atoms in total. The van der Waals surface area contributed by atoms with Gasteiger partial charge >= 0.3 is 0 Å². The molecule has 1 heterocycles. The molecule has 0 bridgehead atoms. The lowest BCUT2D eigenvalue weighted by molar-refractivity contribution is 0.0928. The highest BCUT2D eigenvalue weighted by Gasteiger charge is 2.30. The lowest BCUT2D eigenvalue weighted by Crippen LogP contribution is -2.26. The molecule has 0 aliphatic heterocycles. The number of ketones is 1. The van der Waals surface area contributed by atoms with Crippen LogP contribution in [0.1, 0.15) is 55.9 Å². The second-order valence-corrected chi connectivity index (χ2v) is 7.12. The van der Waals surface area contributed by atoms with Crippen molar-refractivity contribution in [1.82, 2.24) is 10.3 Å². The normalized spacial score (nSPS) is 20.0. The molecule has 0 spiro atoms. The second kappa shape index (κ2) is 5.32. The number of aromatic nitrogens is 1. The molecule has 22 heavy (non-hydrogen) atoms. The zero-order chi connectivity index (χ0) is 15.1. The van der Waals surface area contributed by atoms with E-state index in [-0.39, 0.29) is 17.7 Å². The van der Waals surface area contributed by atoms with Crippen LogP contribution < -0.4 is 5.32 Å². The lowest BCUT2D eigenvalue weighted by Gasteiger charge is -2.12. The van der Waals surface area contributed by atoms with Crippen LogP contribution in [0.5, 0.6) is 0 Å². The third kappa shape index (κ3) is 2.57. The summed E-state index contributed by atoms with van der Waals surface area (Å²) in [4.78, 5) is 29.3. The number of nitrogens with one attached hydrogen (secondary N) is 1. The van der Waals surface area contributed by atoms with Gasteiger partial charge in [-0.2, -0.15) is 0 Å². The Bertz CT molecular complexity index is 749. The number of thiazole rings is 1. The van der Waals surface area contributed by atoms with Crippen LogP contribution in [0.4, 0.5) is 0 Å². The van der Waals surface area contributed by atoms with Gasteiger partial charge in [0.05, 0.1) is 17.2 Å². The maximum absolute atomic E-state index is 12.4. The molecule has 2 aliphatic rings. The Morgan fingerprint density at radius 1 is 1.32 bits per heavy atom. The summed E-state index contributed by atoms with van der Waals surface area (Å²) in [7, 11) is 0. The molecular formula is C17H16N2O2S. The molecule has 1 aromatic heterocycles. The van der Waals surface area contributed by atoms with Gasteiger partial charge in [-0.05, 0) is 24.3 Å². The van der Waals surface area contributed by atoms with E-state index in [0.29, 0.717) is 11.3 Å². The minimum absolute atomic E-state index is 0.0969. The molecule has 1 amide bonds. The number of rotatable bonds is 4. The highest BCUT2D eigenvalue weighted by molar-refractivity contribution is 7.13. The van der Waals surface area contributed by atoms with Crippen molar-refractivity contribution >= 4 is 23.0 Å². The summed E-state index contributed by atoms with van der Waals surface area (Å²) in [5.41, 5.74) is 1.65. The molecule has 1 N–H and O–H groups in total. The number of fused-ring (bicyclic) bond motifs is 1. The van der Waals surface area contributed by atoms with Crippen LogP contribution in [0.2, 0.25) is 0 Å². The summed E-state index contributed by atoms with van der Waals surface area (Å²) in [5.74, 6) is 0.732. The predicted octanol–water partition coefficient (Wildman–Crippen LogP) is 3.15. The molecule has 1 atom stereocenters. The van der Waals surface area contributed by atoms with Crippen molar-refractivity contribution in [2.24, 2.45) is 5.92 Å². The molecule has 1 unspecified atom stereocenters. The maximum Gasteiger partial charge on any atom is 0.263 e. The highest BCUT2D eigenvalue weighted by atomic mass is 32.1. The Balaban J connectivity index is 1.48. The van der Waals surface area contributed by atoms with Gasteiger partial charge in [0.15, 0.2) is 5.78 Å². The number of carbonyl (C=O) groups excluding carboxylic acids is 2. The molecule has 5 heteroatoms. The van der Waals surface area contributed by atoms with Crippen LogP contribution in [0.3, 0.4) is 0 Å². The summed E-state index contributed by atoms with van der Waals surface area (Å²) >= 11 is 1.47. The van der Waals surface area contributed by atoms with Crippen LogP contribution in [0.15, 0.2) is 30.5 Å². The van der Waals surface area contributed by atoms with Gasteiger partial charge in [0.25, 0.3) is 5.91 Å². The molecule has 2 aromatic rings. The van der Waals surface area contributed by atoms with Crippen molar-refractivity contribution in [3.05, 3.63) is 51.5 Å². The van der Waals surface area contributed by atoms with E-state index in [4.69, 9.17) is 0 Å². The van der Waals surface area contributed by atoms with E-state index < -0.39 is 0 Å². The first kappa shape index (κ1) is 13.6. The quantitative estimate of drug-likeness (QED) is 0.943. The third-order valence-electron chi connectivity index (χ3n) is 4.27. The van der Waals surface area contributed by atoms with Crippen molar-refractivity contribution < 1.29 is 9.59 Å². The first-order valence-corrected chi connectivity index (χ1v) is 8.40. The highest BCUT2D eigenvalue weighted by Crippen LogP contribution is 2.34. The molecule has 112 valence electrons. The Kier molecular flexibility index (Phi) is 3.30. The number of carbonyl (C=O) groups is 2. The fraction of sp³-hybridized carbons (Fsp3) is 0.353. The fourth-order valence-corrected chi connectivity index (χ4v) is 3.83. The monoisotopic (exact) mass is 312 g/mol. The van der Waals surface area contributed by atoms with E-state index in [9.17, 15) is 9.59 Å². The van der Waals surface area contributed by atoms with E-state index in [2.05, 4.69) is 10.3 Å². The predicted molar refractivity (Wildman–Crippen MR) is 84.1 cm³/mol. The van der Waals surface area contributed by atoms with Crippen LogP contribution in [0.25, 0.3) is 0 Å². The van der Waals surface area contributed by atoms with Gasteiger partial charge in [-0.15, -0.1) is 11.3 Å². The Hall–Kier alpha value is -2.01. The Morgan fingerprint density at radius 2 is 2.14 bits per heavy atom. The summed E-state index contributed by atoms with van der Waals surface area (Å²) in [5, 5.41) is 4.01. The summed E-state index contributed by atoms with van der Waals surface area (Å²) in [6, 6.07) is 7.27.